The van der Waals surface area contributed by atoms with E-state index in [-0.39, 0.29) is 22.7 Å². The summed E-state index contributed by atoms with van der Waals surface area (Å²) in [5.41, 5.74) is 0.192. The molecule has 2 rings (SSSR count). The smallest absolute Gasteiger partial charge is 0.322 e. The zero-order valence-corrected chi connectivity index (χ0v) is 10.1. The van der Waals surface area contributed by atoms with Gasteiger partial charge in [0.1, 0.15) is 6.29 Å². The Morgan fingerprint density at radius 3 is 2.63 bits per heavy atom. The van der Waals surface area contributed by atoms with Crippen molar-refractivity contribution in [1.82, 2.24) is 5.32 Å². The Kier molecular flexibility index (Phi) is 3.40. The Bertz CT molecular complexity index is 545. The lowest BCUT2D eigenvalue weighted by Gasteiger charge is -2.29. The molecule has 19 heavy (non-hydrogen) atoms. The van der Waals surface area contributed by atoms with Gasteiger partial charge in [-0.2, -0.15) is 13.2 Å². The van der Waals surface area contributed by atoms with Crippen LogP contribution in [-0.2, 0) is 11.2 Å². The Balaban J connectivity index is 2.53. The molecule has 0 aromatic heterocycles. The molecule has 1 aromatic carbocycles. The van der Waals surface area contributed by atoms with Crippen LogP contribution in [0.5, 0.6) is 0 Å². The molecule has 2 N–H and O–H groups in total. The van der Waals surface area contributed by atoms with Crippen LogP contribution in [0.3, 0.4) is 0 Å². The molecule has 2 amide bonds. The first-order valence-corrected chi connectivity index (χ1v) is 5.61. The molecular formula is C11H8ClF3N2O2. The topological polar surface area (TPSA) is 58.2 Å². The number of halogens is 4. The maximum Gasteiger partial charge on any atom is 0.413 e. The fourth-order valence-corrected chi connectivity index (χ4v) is 2.10. The number of alkyl halides is 3. The summed E-state index contributed by atoms with van der Waals surface area (Å²) < 4.78 is 38.5. The van der Waals surface area contributed by atoms with E-state index < -0.39 is 18.2 Å². The van der Waals surface area contributed by atoms with E-state index >= 15 is 0 Å². The largest absolute Gasteiger partial charge is 0.413 e. The van der Waals surface area contributed by atoms with E-state index in [2.05, 4.69) is 5.32 Å². The summed E-state index contributed by atoms with van der Waals surface area (Å²) in [6.07, 6.45) is -4.08. The molecule has 0 aliphatic carbocycles. The van der Waals surface area contributed by atoms with Gasteiger partial charge in [0, 0.05) is 22.7 Å². The molecule has 0 bridgehead atoms. The summed E-state index contributed by atoms with van der Waals surface area (Å²) in [6.45, 7) is 0. The fourth-order valence-electron chi connectivity index (χ4n) is 1.85. The van der Waals surface area contributed by atoms with Crippen LogP contribution in [0.4, 0.5) is 23.7 Å². The second-order valence-corrected chi connectivity index (χ2v) is 4.38. The molecule has 1 aromatic rings. The molecular weight excluding hydrogens is 285 g/mol. The number of aldehydes is 1. The second kappa shape index (κ2) is 4.73. The minimum absolute atomic E-state index is 0.00678. The minimum Gasteiger partial charge on any atom is -0.322 e. The third-order valence-electron chi connectivity index (χ3n) is 2.68. The molecule has 0 saturated heterocycles. The third kappa shape index (κ3) is 2.65. The molecule has 1 atom stereocenters. The summed E-state index contributed by atoms with van der Waals surface area (Å²) in [7, 11) is 0. The number of carbonyl (C=O) groups is 2. The number of rotatable bonds is 2. The van der Waals surface area contributed by atoms with Gasteiger partial charge >= 0.3 is 12.2 Å². The quantitative estimate of drug-likeness (QED) is 0.824. The maximum atomic E-state index is 12.8. The van der Waals surface area contributed by atoms with E-state index in [1.165, 1.54) is 6.07 Å². The van der Waals surface area contributed by atoms with Gasteiger partial charge in [-0.1, -0.05) is 11.6 Å². The summed E-state index contributed by atoms with van der Waals surface area (Å²) in [4.78, 5) is 21.7. The molecule has 0 radical (unpaired) electrons. The third-order valence-corrected chi connectivity index (χ3v) is 3.04. The normalized spacial score (nSPS) is 18.3. The molecule has 1 aliphatic heterocycles. The number of benzene rings is 1. The predicted molar refractivity (Wildman–Crippen MR) is 62.2 cm³/mol. The standard InChI is InChI=1S/C11H8ClF3N2O2/c12-7-4-6-8(3-5(7)1-2-18)16-10(19)17-9(6)11(13,14)15/h2-4,9H,1H2,(H2,16,17,19)/t9-/m0/s1. The van der Waals surface area contributed by atoms with Gasteiger partial charge in [0.25, 0.3) is 0 Å². The van der Waals surface area contributed by atoms with Gasteiger partial charge in [0.15, 0.2) is 6.04 Å². The van der Waals surface area contributed by atoms with E-state index in [1.807, 2.05) is 0 Å². The van der Waals surface area contributed by atoms with Crippen LogP contribution in [0.15, 0.2) is 12.1 Å². The molecule has 0 fully saturated rings. The highest BCUT2D eigenvalue weighted by atomic mass is 35.5. The van der Waals surface area contributed by atoms with Crippen molar-refractivity contribution in [2.24, 2.45) is 0 Å². The van der Waals surface area contributed by atoms with Gasteiger partial charge in [0.2, 0.25) is 0 Å². The first-order valence-electron chi connectivity index (χ1n) is 5.23. The van der Waals surface area contributed by atoms with Crippen LogP contribution in [0.25, 0.3) is 0 Å². The van der Waals surface area contributed by atoms with Crippen molar-refractivity contribution >= 4 is 29.6 Å². The number of amides is 2. The fraction of sp³-hybridized carbons (Fsp3) is 0.273. The molecule has 0 spiro atoms. The minimum atomic E-state index is -4.62. The maximum absolute atomic E-state index is 12.8. The van der Waals surface area contributed by atoms with Crippen LogP contribution in [0, 0.1) is 0 Å². The predicted octanol–water partition coefficient (Wildman–Crippen LogP) is 2.82. The van der Waals surface area contributed by atoms with Crippen molar-refractivity contribution in [3.63, 3.8) is 0 Å². The number of nitrogens with one attached hydrogen (secondary N) is 2. The number of hydrogen-bond donors (Lipinski definition) is 2. The van der Waals surface area contributed by atoms with Gasteiger partial charge in [-0.3, -0.25) is 0 Å². The molecule has 0 saturated carbocycles. The zero-order valence-electron chi connectivity index (χ0n) is 9.34. The van der Waals surface area contributed by atoms with Crippen LogP contribution < -0.4 is 10.6 Å². The van der Waals surface area contributed by atoms with E-state index in [0.29, 0.717) is 11.8 Å². The lowest BCUT2D eigenvalue weighted by atomic mass is 9.99. The summed E-state index contributed by atoms with van der Waals surface area (Å²) in [5, 5.41) is 4.11. The Labute approximate surface area is 110 Å². The van der Waals surface area contributed by atoms with Crippen molar-refractivity contribution in [2.75, 3.05) is 5.32 Å². The van der Waals surface area contributed by atoms with Crippen LogP contribution in [0.2, 0.25) is 5.02 Å². The zero-order chi connectivity index (χ0) is 14.2. The van der Waals surface area contributed by atoms with Gasteiger partial charge in [0.05, 0.1) is 0 Å². The summed E-state index contributed by atoms with van der Waals surface area (Å²) in [5.74, 6) is 0. The van der Waals surface area contributed by atoms with E-state index in [9.17, 15) is 22.8 Å². The average molecular weight is 293 g/mol. The van der Waals surface area contributed by atoms with Gasteiger partial charge < -0.3 is 15.4 Å². The lowest BCUT2D eigenvalue weighted by molar-refractivity contribution is -0.155. The van der Waals surface area contributed by atoms with Crippen molar-refractivity contribution < 1.29 is 22.8 Å². The molecule has 102 valence electrons. The van der Waals surface area contributed by atoms with Gasteiger partial charge in [-0.25, -0.2) is 4.79 Å². The molecule has 4 nitrogen and oxygen atoms in total. The second-order valence-electron chi connectivity index (χ2n) is 3.97. The van der Waals surface area contributed by atoms with Crippen LogP contribution >= 0.6 is 11.6 Å². The van der Waals surface area contributed by atoms with Crippen molar-refractivity contribution in [3.05, 3.63) is 28.3 Å². The molecule has 1 heterocycles. The summed E-state index contributed by atoms with van der Waals surface area (Å²) >= 11 is 5.83. The molecule has 1 aliphatic rings. The number of hydrogen-bond acceptors (Lipinski definition) is 2. The van der Waals surface area contributed by atoms with E-state index in [4.69, 9.17) is 11.6 Å². The van der Waals surface area contributed by atoms with Gasteiger partial charge in [-0.05, 0) is 17.7 Å². The van der Waals surface area contributed by atoms with Crippen LogP contribution in [0.1, 0.15) is 17.2 Å². The van der Waals surface area contributed by atoms with Gasteiger partial charge in [-0.15, -0.1) is 0 Å². The number of urea groups is 1. The number of anilines is 1. The van der Waals surface area contributed by atoms with E-state index in [0.717, 1.165) is 6.07 Å². The van der Waals surface area contributed by atoms with E-state index in [1.54, 1.807) is 5.32 Å². The first-order chi connectivity index (χ1) is 8.82. The number of fused-ring (bicyclic) bond motifs is 1. The molecule has 8 heteroatoms. The highest BCUT2D eigenvalue weighted by molar-refractivity contribution is 6.31. The van der Waals surface area contributed by atoms with Crippen molar-refractivity contribution in [3.8, 4) is 0 Å². The Morgan fingerprint density at radius 1 is 1.37 bits per heavy atom. The lowest BCUT2D eigenvalue weighted by Crippen LogP contribution is -2.44. The SMILES string of the molecule is O=CCc1cc2c(cc1Cl)[C@@H](C(F)(F)F)NC(=O)N2. The Morgan fingerprint density at radius 2 is 2.05 bits per heavy atom. The monoisotopic (exact) mass is 292 g/mol. The Hall–Kier alpha value is -1.76. The highest BCUT2D eigenvalue weighted by Crippen LogP contribution is 2.40. The highest BCUT2D eigenvalue weighted by Gasteiger charge is 2.45. The first kappa shape index (κ1) is 13.7. The van der Waals surface area contributed by atoms with Crippen molar-refractivity contribution in [1.29, 1.82) is 0 Å². The van der Waals surface area contributed by atoms with Crippen molar-refractivity contribution in [2.45, 2.75) is 18.6 Å². The molecule has 0 unspecified atom stereocenters. The average Bonchev–Trinajstić information content (AvgIpc) is 2.29. The number of carbonyl (C=O) groups excluding carboxylic acids is 2. The van der Waals surface area contributed by atoms with Crippen LogP contribution in [-0.4, -0.2) is 18.5 Å². The summed E-state index contributed by atoms with van der Waals surface area (Å²) in [6, 6.07) is -0.669.